The molecule has 0 aromatic heterocycles. The zero-order valence-corrected chi connectivity index (χ0v) is 17.0. The number of nitrogens with zero attached hydrogens (tertiary/aromatic N) is 5. The van der Waals surface area contributed by atoms with Gasteiger partial charge in [0.05, 0.1) is 4.92 Å². The number of guanidine groups is 1. The van der Waals surface area contributed by atoms with Crippen LogP contribution in [0.4, 0.5) is 17.1 Å². The van der Waals surface area contributed by atoms with Gasteiger partial charge in [0.2, 0.25) is 5.96 Å². The minimum absolute atomic E-state index is 0.0397. The van der Waals surface area contributed by atoms with Crippen molar-refractivity contribution in [3.05, 3.63) is 41.0 Å². The summed E-state index contributed by atoms with van der Waals surface area (Å²) in [7, 11) is 7.42. The number of nitrogens with one attached hydrogen (secondary N) is 2. The van der Waals surface area contributed by atoms with Gasteiger partial charge in [0.1, 0.15) is 5.69 Å². The number of anilines is 2. The lowest BCUT2D eigenvalue weighted by molar-refractivity contribution is -0.384. The van der Waals surface area contributed by atoms with Gasteiger partial charge in [0, 0.05) is 63.7 Å². The molecule has 1 aromatic carbocycles. The molecule has 0 radical (unpaired) electrons. The Kier molecular flexibility index (Phi) is 7.65. The van der Waals surface area contributed by atoms with Crippen LogP contribution >= 0.6 is 0 Å². The highest BCUT2D eigenvalue weighted by Gasteiger charge is 2.22. The lowest BCUT2D eigenvalue weighted by atomic mass is 9.97. The van der Waals surface area contributed by atoms with Crippen LogP contribution in [0.1, 0.15) is 0 Å². The SMILES string of the molecule is C=C/C(=N\C(=NC)Nc1ccc(N(C)CCN(C)C)c([N+](=O)[O-])c1)C1CNC1. The maximum atomic E-state index is 11.6. The molecule has 0 aliphatic carbocycles. The van der Waals surface area contributed by atoms with Gasteiger partial charge in [-0.3, -0.25) is 15.1 Å². The van der Waals surface area contributed by atoms with E-state index in [1.807, 2.05) is 30.9 Å². The van der Waals surface area contributed by atoms with Crippen LogP contribution in [0.3, 0.4) is 0 Å². The Labute approximate surface area is 166 Å². The molecule has 1 heterocycles. The Morgan fingerprint density at radius 3 is 2.61 bits per heavy atom. The third-order valence-corrected chi connectivity index (χ3v) is 4.58. The topological polar surface area (TPSA) is 98.4 Å². The fraction of sp³-hybridized carbons (Fsp3) is 0.474. The minimum atomic E-state index is -0.367. The molecule has 0 atom stereocenters. The lowest BCUT2D eigenvalue weighted by Crippen LogP contribution is -2.46. The van der Waals surface area contributed by atoms with E-state index in [1.54, 1.807) is 25.3 Å². The standard InChI is InChI=1S/C19H29N7O2/c1-6-16(14-12-21-13-14)23-19(20-2)22-15-7-8-17(18(11-15)26(27)28)25(5)10-9-24(3)4/h6-8,11,14,21H,1,9-10,12-13H2,2-5H3,(H,20,22)/b23-16+. The van der Waals surface area contributed by atoms with E-state index < -0.39 is 0 Å². The van der Waals surface area contributed by atoms with Crippen molar-refractivity contribution in [2.45, 2.75) is 0 Å². The van der Waals surface area contributed by atoms with Crippen LogP contribution in [0.15, 0.2) is 40.8 Å². The average molecular weight is 387 g/mol. The van der Waals surface area contributed by atoms with E-state index in [2.05, 4.69) is 27.2 Å². The van der Waals surface area contributed by atoms with Crippen LogP contribution in [-0.2, 0) is 0 Å². The molecule has 0 saturated carbocycles. The van der Waals surface area contributed by atoms with E-state index in [0.29, 0.717) is 29.8 Å². The summed E-state index contributed by atoms with van der Waals surface area (Å²) in [6, 6.07) is 5.06. The second kappa shape index (κ2) is 9.95. The zero-order chi connectivity index (χ0) is 20.7. The van der Waals surface area contributed by atoms with Crippen LogP contribution in [0, 0.1) is 16.0 Å². The molecular weight excluding hydrogens is 358 g/mol. The van der Waals surface area contributed by atoms with Crippen LogP contribution < -0.4 is 15.5 Å². The number of hydrogen-bond donors (Lipinski definition) is 2. The predicted molar refractivity (Wildman–Crippen MR) is 116 cm³/mol. The Hall–Kier alpha value is -2.78. The smallest absolute Gasteiger partial charge is 0.294 e. The highest BCUT2D eigenvalue weighted by molar-refractivity contribution is 6.08. The summed E-state index contributed by atoms with van der Waals surface area (Å²) in [6.45, 7) is 7.03. The van der Waals surface area contributed by atoms with E-state index in [4.69, 9.17) is 0 Å². The number of likely N-dealkylation sites (N-methyl/N-ethyl adjacent to an activating group) is 2. The summed E-state index contributed by atoms with van der Waals surface area (Å²) in [4.78, 5) is 23.8. The number of rotatable bonds is 8. The molecule has 0 unspecified atom stereocenters. The molecule has 1 aromatic rings. The minimum Gasteiger partial charge on any atom is -0.368 e. The van der Waals surface area contributed by atoms with Crippen molar-refractivity contribution < 1.29 is 4.92 Å². The van der Waals surface area contributed by atoms with Crippen LogP contribution in [0.5, 0.6) is 0 Å². The number of hydrogen-bond acceptors (Lipinski definition) is 6. The fourth-order valence-corrected chi connectivity index (χ4v) is 2.73. The molecule has 2 N–H and O–H groups in total. The summed E-state index contributed by atoms with van der Waals surface area (Å²) in [5, 5.41) is 17.9. The first-order valence-corrected chi connectivity index (χ1v) is 9.15. The van der Waals surface area contributed by atoms with Crippen LogP contribution in [0.2, 0.25) is 0 Å². The maximum absolute atomic E-state index is 11.6. The van der Waals surface area contributed by atoms with Crippen LogP contribution in [0.25, 0.3) is 0 Å². The summed E-state index contributed by atoms with van der Waals surface area (Å²) in [5.41, 5.74) is 2.03. The van der Waals surface area contributed by atoms with Crippen molar-refractivity contribution in [3.8, 4) is 0 Å². The van der Waals surface area contributed by atoms with Crippen molar-refractivity contribution in [3.63, 3.8) is 0 Å². The first-order chi connectivity index (χ1) is 13.3. The van der Waals surface area contributed by atoms with Gasteiger partial charge >= 0.3 is 0 Å². The maximum Gasteiger partial charge on any atom is 0.294 e. The van der Waals surface area contributed by atoms with Gasteiger partial charge in [-0.1, -0.05) is 6.58 Å². The monoisotopic (exact) mass is 387 g/mol. The van der Waals surface area contributed by atoms with E-state index in [1.165, 1.54) is 6.07 Å². The number of nitro benzene ring substituents is 1. The van der Waals surface area contributed by atoms with Crippen molar-refractivity contribution in [2.75, 3.05) is 64.6 Å². The molecule has 0 amide bonds. The van der Waals surface area contributed by atoms with Crippen molar-refractivity contribution in [2.24, 2.45) is 15.9 Å². The normalized spacial score (nSPS) is 15.3. The molecule has 9 nitrogen and oxygen atoms in total. The molecule has 1 aliphatic rings. The van der Waals surface area contributed by atoms with Crippen LogP contribution in [-0.4, -0.2) is 75.9 Å². The van der Waals surface area contributed by atoms with Crippen molar-refractivity contribution in [1.29, 1.82) is 0 Å². The summed E-state index contributed by atoms with van der Waals surface area (Å²) in [6.07, 6.45) is 1.73. The van der Waals surface area contributed by atoms with Gasteiger partial charge in [-0.2, -0.15) is 0 Å². The van der Waals surface area contributed by atoms with Gasteiger partial charge in [-0.05, 0) is 32.3 Å². The molecule has 2 rings (SSSR count). The van der Waals surface area contributed by atoms with E-state index >= 15 is 0 Å². The highest BCUT2D eigenvalue weighted by Crippen LogP contribution is 2.30. The Bertz CT molecular complexity index is 770. The number of allylic oxidation sites excluding steroid dienone is 1. The molecule has 1 aliphatic heterocycles. The van der Waals surface area contributed by atoms with Crippen molar-refractivity contribution >= 4 is 28.7 Å². The Balaban J connectivity index is 2.21. The van der Waals surface area contributed by atoms with E-state index in [0.717, 1.165) is 25.3 Å². The first kappa shape index (κ1) is 21.5. The first-order valence-electron chi connectivity index (χ1n) is 9.15. The number of benzene rings is 1. The van der Waals surface area contributed by atoms with E-state index in [-0.39, 0.29) is 10.6 Å². The van der Waals surface area contributed by atoms with Gasteiger partial charge < -0.3 is 20.4 Å². The number of aliphatic imine (C=N–C) groups is 2. The largest absolute Gasteiger partial charge is 0.368 e. The molecule has 1 fully saturated rings. The third-order valence-electron chi connectivity index (χ3n) is 4.58. The molecule has 9 heteroatoms. The fourth-order valence-electron chi connectivity index (χ4n) is 2.73. The Morgan fingerprint density at radius 1 is 1.39 bits per heavy atom. The highest BCUT2D eigenvalue weighted by atomic mass is 16.6. The number of nitro groups is 1. The van der Waals surface area contributed by atoms with Gasteiger partial charge in [0.15, 0.2) is 0 Å². The van der Waals surface area contributed by atoms with Gasteiger partial charge in [-0.15, -0.1) is 0 Å². The average Bonchev–Trinajstić information content (AvgIpc) is 2.62. The lowest BCUT2D eigenvalue weighted by Gasteiger charge is -2.27. The second-order valence-electron chi connectivity index (χ2n) is 6.95. The zero-order valence-electron chi connectivity index (χ0n) is 17.0. The summed E-state index contributed by atoms with van der Waals surface area (Å²) >= 11 is 0. The van der Waals surface area contributed by atoms with E-state index in [9.17, 15) is 10.1 Å². The summed E-state index contributed by atoms with van der Waals surface area (Å²) in [5.74, 6) is 0.711. The van der Waals surface area contributed by atoms with Gasteiger partial charge in [0.25, 0.3) is 5.69 Å². The molecule has 0 bridgehead atoms. The second-order valence-corrected chi connectivity index (χ2v) is 6.95. The molecular formula is C19H29N7O2. The molecule has 152 valence electrons. The molecule has 0 spiro atoms. The molecule has 1 saturated heterocycles. The quantitative estimate of drug-likeness (QED) is 0.306. The Morgan fingerprint density at radius 2 is 2.11 bits per heavy atom. The summed E-state index contributed by atoms with van der Waals surface area (Å²) < 4.78 is 0. The predicted octanol–water partition coefficient (Wildman–Crippen LogP) is 1.84. The molecule has 28 heavy (non-hydrogen) atoms. The van der Waals surface area contributed by atoms with Gasteiger partial charge in [-0.25, -0.2) is 4.99 Å². The van der Waals surface area contributed by atoms with Crippen molar-refractivity contribution in [1.82, 2.24) is 10.2 Å². The third kappa shape index (κ3) is 5.61.